The Morgan fingerprint density at radius 3 is 2.63 bits per heavy atom. The quantitative estimate of drug-likeness (QED) is 0.526. The van der Waals surface area contributed by atoms with Gasteiger partial charge in [-0.3, -0.25) is 14.5 Å². The van der Waals surface area contributed by atoms with Crippen molar-refractivity contribution in [2.75, 3.05) is 19.1 Å². The normalized spacial score (nSPS) is 17.0. The largest absolute Gasteiger partial charge is 0.496 e. The summed E-state index contributed by atoms with van der Waals surface area (Å²) in [5.74, 6) is -0.904. The lowest BCUT2D eigenvalue weighted by Crippen LogP contribution is -2.64. The van der Waals surface area contributed by atoms with E-state index < -0.39 is 17.4 Å². The molecule has 2 amide bonds. The first-order valence-corrected chi connectivity index (χ1v) is 11.3. The predicted molar refractivity (Wildman–Crippen MR) is 129 cm³/mol. The Hall–Kier alpha value is -4.14. The van der Waals surface area contributed by atoms with E-state index in [4.69, 9.17) is 9.47 Å². The van der Waals surface area contributed by atoms with Gasteiger partial charge >= 0.3 is 5.97 Å². The van der Waals surface area contributed by atoms with E-state index in [-0.39, 0.29) is 30.4 Å². The minimum atomic E-state index is -1.30. The average molecular weight is 477 g/mol. The fourth-order valence-corrected chi connectivity index (χ4v) is 4.41. The maximum atomic E-state index is 13.9. The summed E-state index contributed by atoms with van der Waals surface area (Å²) >= 11 is 0. The van der Waals surface area contributed by atoms with Crippen LogP contribution in [0, 0.1) is 0 Å². The molecule has 0 spiro atoms. The highest BCUT2D eigenvalue weighted by Gasteiger charge is 2.49. The van der Waals surface area contributed by atoms with Gasteiger partial charge in [-0.15, -0.1) is 0 Å². The molecule has 0 saturated carbocycles. The number of nitrogens with zero attached hydrogens (tertiary/aromatic N) is 3. The maximum absolute atomic E-state index is 13.9. The number of amides is 2. The molecule has 0 aliphatic carbocycles. The zero-order valence-electron chi connectivity index (χ0n) is 20.2. The molecule has 0 fully saturated rings. The lowest BCUT2D eigenvalue weighted by atomic mass is 9.92. The number of aromatic nitrogens is 2. The summed E-state index contributed by atoms with van der Waals surface area (Å²) in [6.45, 7) is 4.05. The number of esters is 1. The number of hydrogen-bond acceptors (Lipinski definition) is 6. The first-order valence-electron chi connectivity index (χ1n) is 11.3. The molecule has 182 valence electrons. The number of benzene rings is 2. The first-order chi connectivity index (χ1) is 16.8. The number of fused-ring (bicyclic) bond motifs is 1. The molecule has 1 N–H and O–H groups in total. The van der Waals surface area contributed by atoms with Crippen LogP contribution in [-0.2, 0) is 29.0 Å². The Morgan fingerprint density at radius 2 is 1.91 bits per heavy atom. The van der Waals surface area contributed by atoms with E-state index in [1.54, 1.807) is 20.1 Å². The Labute approximate surface area is 203 Å². The predicted octanol–water partition coefficient (Wildman–Crippen LogP) is 2.98. The molecule has 1 aromatic heterocycles. The highest BCUT2D eigenvalue weighted by atomic mass is 16.5. The summed E-state index contributed by atoms with van der Waals surface area (Å²) in [4.78, 5) is 45.4. The number of carbonyl (C=O) groups is 3. The molecule has 0 saturated heterocycles. The van der Waals surface area contributed by atoms with Crippen molar-refractivity contribution in [3.8, 4) is 5.75 Å². The summed E-state index contributed by atoms with van der Waals surface area (Å²) in [5, 5.41) is 2.97. The Bertz CT molecular complexity index is 1280. The van der Waals surface area contributed by atoms with Gasteiger partial charge in [0.05, 0.1) is 27.1 Å². The van der Waals surface area contributed by atoms with Crippen LogP contribution in [0.25, 0.3) is 0 Å². The van der Waals surface area contributed by atoms with Gasteiger partial charge in [-0.25, -0.2) is 9.78 Å². The SMILES string of the molecule is CCc1cccc(N2C(=O)c3c(C(=O)OC)ncn3C[C@@]2(C)C(=O)NCc2ccccc2OC)c1. The van der Waals surface area contributed by atoms with E-state index in [1.807, 2.05) is 49.4 Å². The molecule has 1 aliphatic rings. The monoisotopic (exact) mass is 476 g/mol. The Morgan fingerprint density at radius 1 is 1.14 bits per heavy atom. The highest BCUT2D eigenvalue weighted by Crippen LogP contribution is 2.34. The van der Waals surface area contributed by atoms with Crippen molar-refractivity contribution in [1.29, 1.82) is 0 Å². The smallest absolute Gasteiger partial charge is 0.359 e. The molecular formula is C26H28N4O5. The lowest BCUT2D eigenvalue weighted by Gasteiger charge is -2.43. The lowest BCUT2D eigenvalue weighted by molar-refractivity contribution is -0.126. The number of hydrogen-bond donors (Lipinski definition) is 1. The molecule has 35 heavy (non-hydrogen) atoms. The van der Waals surface area contributed by atoms with E-state index >= 15 is 0 Å². The van der Waals surface area contributed by atoms with Gasteiger partial charge in [0, 0.05) is 17.8 Å². The molecule has 1 aliphatic heterocycles. The average Bonchev–Trinajstić information content (AvgIpc) is 3.30. The molecule has 0 unspecified atom stereocenters. The van der Waals surface area contributed by atoms with Gasteiger partial charge < -0.3 is 19.4 Å². The van der Waals surface area contributed by atoms with Crippen molar-refractivity contribution in [3.63, 3.8) is 0 Å². The summed E-state index contributed by atoms with van der Waals surface area (Å²) in [5.41, 5.74) is 1.10. The number of imidazole rings is 1. The van der Waals surface area contributed by atoms with Crippen LogP contribution in [0.1, 0.15) is 46.0 Å². The van der Waals surface area contributed by atoms with Gasteiger partial charge in [-0.2, -0.15) is 0 Å². The number of anilines is 1. The van der Waals surface area contributed by atoms with Gasteiger partial charge in [-0.05, 0) is 37.1 Å². The molecule has 0 bridgehead atoms. The Kier molecular flexibility index (Phi) is 6.59. The third-order valence-electron chi connectivity index (χ3n) is 6.29. The molecule has 0 radical (unpaired) electrons. The van der Waals surface area contributed by atoms with E-state index in [1.165, 1.54) is 22.9 Å². The summed E-state index contributed by atoms with van der Waals surface area (Å²) in [6, 6.07) is 14.9. The number of carbonyl (C=O) groups excluding carboxylic acids is 3. The van der Waals surface area contributed by atoms with Crippen LogP contribution in [0.4, 0.5) is 5.69 Å². The van der Waals surface area contributed by atoms with Gasteiger partial charge in [0.1, 0.15) is 17.0 Å². The molecule has 4 rings (SSSR count). The van der Waals surface area contributed by atoms with Crippen molar-refractivity contribution in [3.05, 3.63) is 77.4 Å². The van der Waals surface area contributed by atoms with Crippen LogP contribution in [-0.4, -0.2) is 47.1 Å². The zero-order valence-corrected chi connectivity index (χ0v) is 20.2. The Balaban J connectivity index is 1.76. The van der Waals surface area contributed by atoms with Gasteiger partial charge in [0.2, 0.25) is 5.91 Å². The first kappa shape index (κ1) is 24.0. The summed E-state index contributed by atoms with van der Waals surface area (Å²) in [7, 11) is 2.81. The van der Waals surface area contributed by atoms with Gasteiger partial charge in [0.25, 0.3) is 5.91 Å². The van der Waals surface area contributed by atoms with E-state index in [0.29, 0.717) is 11.4 Å². The topological polar surface area (TPSA) is 103 Å². The van der Waals surface area contributed by atoms with Gasteiger partial charge in [-0.1, -0.05) is 37.3 Å². The molecule has 9 nitrogen and oxygen atoms in total. The second-order valence-electron chi connectivity index (χ2n) is 8.49. The van der Waals surface area contributed by atoms with E-state index in [2.05, 4.69) is 10.3 Å². The third kappa shape index (κ3) is 4.25. The van der Waals surface area contributed by atoms with Crippen molar-refractivity contribution in [2.45, 2.75) is 38.9 Å². The van der Waals surface area contributed by atoms with Crippen molar-refractivity contribution < 1.29 is 23.9 Å². The number of ether oxygens (including phenoxy) is 2. The molecule has 2 aromatic carbocycles. The van der Waals surface area contributed by atoms with E-state index in [0.717, 1.165) is 17.5 Å². The number of para-hydroxylation sites is 1. The number of rotatable bonds is 7. The molecule has 3 aromatic rings. The number of nitrogens with one attached hydrogen (secondary N) is 1. The maximum Gasteiger partial charge on any atom is 0.359 e. The highest BCUT2D eigenvalue weighted by molar-refractivity contribution is 6.15. The van der Waals surface area contributed by atoms with Crippen LogP contribution in [0.5, 0.6) is 5.75 Å². The zero-order chi connectivity index (χ0) is 25.2. The second-order valence-corrected chi connectivity index (χ2v) is 8.49. The standard InChI is InChI=1S/C26H28N4O5/c1-5-17-9-8-11-19(13-17)30-23(31)22-21(24(32)35-4)28-16-29(22)15-26(30,2)25(33)27-14-18-10-6-7-12-20(18)34-3/h6-13,16H,5,14-15H2,1-4H3,(H,27,33)/t26-/m0/s1. The molecular weight excluding hydrogens is 448 g/mol. The summed E-state index contributed by atoms with van der Waals surface area (Å²) in [6.07, 6.45) is 2.16. The second kappa shape index (κ2) is 9.61. The fraction of sp³-hybridized carbons (Fsp3) is 0.308. The van der Waals surface area contributed by atoms with Crippen molar-refractivity contribution in [2.24, 2.45) is 0 Å². The fourth-order valence-electron chi connectivity index (χ4n) is 4.41. The minimum Gasteiger partial charge on any atom is -0.496 e. The summed E-state index contributed by atoms with van der Waals surface area (Å²) < 4.78 is 11.7. The van der Waals surface area contributed by atoms with Crippen molar-refractivity contribution in [1.82, 2.24) is 14.9 Å². The molecule has 1 atom stereocenters. The van der Waals surface area contributed by atoms with Crippen molar-refractivity contribution >= 4 is 23.5 Å². The van der Waals surface area contributed by atoms with Crippen LogP contribution < -0.4 is 15.0 Å². The van der Waals surface area contributed by atoms with Crippen LogP contribution in [0.3, 0.4) is 0 Å². The molecule has 2 heterocycles. The molecule has 9 heteroatoms. The van der Waals surface area contributed by atoms with Gasteiger partial charge in [0.15, 0.2) is 5.69 Å². The minimum absolute atomic E-state index is 0.0781. The van der Waals surface area contributed by atoms with Crippen LogP contribution in [0.15, 0.2) is 54.9 Å². The number of aryl methyl sites for hydroxylation is 1. The van der Waals surface area contributed by atoms with Crippen LogP contribution >= 0.6 is 0 Å². The third-order valence-corrected chi connectivity index (χ3v) is 6.29. The number of methoxy groups -OCH3 is 2. The van der Waals surface area contributed by atoms with E-state index in [9.17, 15) is 14.4 Å². The van der Waals surface area contributed by atoms with Crippen LogP contribution in [0.2, 0.25) is 0 Å².